The Kier molecular flexibility index (Phi) is 8.80. The number of methoxy groups -OCH3 is 1. The molecule has 2 unspecified atom stereocenters. The summed E-state index contributed by atoms with van der Waals surface area (Å²) in [6.07, 6.45) is -3.09. The number of piperidine rings is 1. The number of carbonyl (C=O) groups is 4. The van der Waals surface area contributed by atoms with E-state index in [4.69, 9.17) is 33.2 Å². The zero-order valence-electron chi connectivity index (χ0n) is 28.5. The van der Waals surface area contributed by atoms with Crippen LogP contribution < -0.4 is 9.47 Å². The number of hydrogen-bond donors (Lipinski definition) is 1. The van der Waals surface area contributed by atoms with Crippen LogP contribution in [0.4, 0.5) is 4.79 Å². The first-order valence-corrected chi connectivity index (χ1v) is 15.8. The second-order valence-corrected chi connectivity index (χ2v) is 14.6. The Morgan fingerprint density at radius 1 is 1.04 bits per heavy atom. The summed E-state index contributed by atoms with van der Waals surface area (Å²) in [6.45, 7) is 11.8. The van der Waals surface area contributed by atoms with E-state index in [-0.39, 0.29) is 18.2 Å². The summed E-state index contributed by atoms with van der Waals surface area (Å²) in [6, 6.07) is 3.59. The zero-order valence-corrected chi connectivity index (χ0v) is 28.5. The van der Waals surface area contributed by atoms with Crippen LogP contribution in [0.25, 0.3) is 0 Å². The molecule has 1 aromatic carbocycles. The third-order valence-electron chi connectivity index (χ3n) is 9.07. The Morgan fingerprint density at radius 3 is 2.36 bits per heavy atom. The topological polar surface area (TPSA) is 156 Å². The normalized spacial score (nSPS) is 27.2. The molecule has 1 saturated heterocycles. The average Bonchev–Trinajstić information content (AvgIpc) is 3.30. The van der Waals surface area contributed by atoms with Gasteiger partial charge in [0.25, 0.3) is 0 Å². The maximum Gasteiger partial charge on any atom is 0.509 e. The number of likely N-dealkylation sites (tertiary alicyclic amines) is 1. The molecule has 13 nitrogen and oxygen atoms in total. The van der Waals surface area contributed by atoms with Gasteiger partial charge < -0.3 is 43.2 Å². The SMILES string of the molecule is COc1ccc2c3c1O[C@H]1C(OC(=O)C(CC(=O)OC(C)C(=O)OC(C)(C)C)OC(=O)OC(C)(C)C)=CC[C@@]4(O)[C@@H](C2)N(C)CC[C@]314. The van der Waals surface area contributed by atoms with Gasteiger partial charge >= 0.3 is 24.1 Å². The van der Waals surface area contributed by atoms with Crippen LogP contribution in [0.3, 0.4) is 0 Å². The van der Waals surface area contributed by atoms with E-state index in [2.05, 4.69) is 4.90 Å². The zero-order chi connectivity index (χ0) is 34.7. The van der Waals surface area contributed by atoms with Crippen molar-refractivity contribution in [1.29, 1.82) is 0 Å². The Balaban J connectivity index is 1.42. The Bertz CT molecular complexity index is 1490. The Labute approximate surface area is 274 Å². The molecule has 1 spiro atoms. The molecule has 6 atom stereocenters. The lowest BCUT2D eigenvalue weighted by atomic mass is 9.50. The van der Waals surface area contributed by atoms with E-state index in [1.54, 1.807) is 47.6 Å². The monoisotopic (exact) mass is 659 g/mol. The highest BCUT2D eigenvalue weighted by atomic mass is 16.7. The van der Waals surface area contributed by atoms with Crippen LogP contribution >= 0.6 is 0 Å². The van der Waals surface area contributed by atoms with Crippen molar-refractivity contribution in [3.8, 4) is 11.5 Å². The summed E-state index contributed by atoms with van der Waals surface area (Å²) >= 11 is 0. The van der Waals surface area contributed by atoms with Crippen molar-refractivity contribution < 1.29 is 57.4 Å². The Hall–Kier alpha value is -3.84. The smallest absolute Gasteiger partial charge is 0.493 e. The maximum absolute atomic E-state index is 13.8. The largest absolute Gasteiger partial charge is 0.509 e. The molecule has 5 rings (SSSR count). The fourth-order valence-electron chi connectivity index (χ4n) is 7.16. The summed E-state index contributed by atoms with van der Waals surface area (Å²) in [5, 5.41) is 12.4. The van der Waals surface area contributed by atoms with Gasteiger partial charge in [-0.2, -0.15) is 0 Å². The summed E-state index contributed by atoms with van der Waals surface area (Å²) in [5.41, 5.74) is -2.10. The van der Waals surface area contributed by atoms with Gasteiger partial charge in [-0.15, -0.1) is 0 Å². The van der Waals surface area contributed by atoms with Crippen LogP contribution in [-0.2, 0) is 49.9 Å². The van der Waals surface area contributed by atoms with Crippen molar-refractivity contribution in [3.63, 3.8) is 0 Å². The molecule has 1 N–H and O–H groups in total. The fraction of sp³-hybridized carbons (Fsp3) is 0.647. The number of nitrogens with zero attached hydrogens (tertiary/aromatic N) is 1. The number of carbonyl (C=O) groups excluding carboxylic acids is 4. The van der Waals surface area contributed by atoms with Gasteiger partial charge in [0.1, 0.15) is 17.0 Å². The fourth-order valence-corrected chi connectivity index (χ4v) is 7.16. The first-order valence-electron chi connectivity index (χ1n) is 15.8. The number of likely N-dealkylation sites (N-methyl/N-ethyl adjacent to an activating group) is 1. The molecule has 47 heavy (non-hydrogen) atoms. The van der Waals surface area contributed by atoms with Gasteiger partial charge in [-0.1, -0.05) is 6.07 Å². The van der Waals surface area contributed by atoms with Gasteiger partial charge in [0.05, 0.1) is 24.5 Å². The van der Waals surface area contributed by atoms with Crippen molar-refractivity contribution in [3.05, 3.63) is 35.1 Å². The molecule has 2 bridgehead atoms. The van der Waals surface area contributed by atoms with E-state index < -0.39 is 71.0 Å². The van der Waals surface area contributed by atoms with Crippen LogP contribution in [0.2, 0.25) is 0 Å². The average molecular weight is 660 g/mol. The first kappa shape index (κ1) is 34.5. The predicted molar refractivity (Wildman–Crippen MR) is 165 cm³/mol. The molecule has 258 valence electrons. The van der Waals surface area contributed by atoms with Crippen molar-refractivity contribution >= 4 is 24.1 Å². The second kappa shape index (κ2) is 12.0. The van der Waals surface area contributed by atoms with E-state index in [9.17, 15) is 24.3 Å². The van der Waals surface area contributed by atoms with E-state index in [1.807, 2.05) is 19.2 Å². The van der Waals surface area contributed by atoms with Crippen molar-refractivity contribution in [2.75, 3.05) is 20.7 Å². The second-order valence-electron chi connectivity index (χ2n) is 14.6. The summed E-state index contributed by atoms with van der Waals surface area (Å²) in [4.78, 5) is 53.9. The third kappa shape index (κ3) is 6.27. The number of aliphatic hydroxyl groups is 1. The summed E-state index contributed by atoms with van der Waals surface area (Å²) in [5.74, 6) is -1.79. The molecule has 2 aliphatic carbocycles. The minimum Gasteiger partial charge on any atom is -0.493 e. The van der Waals surface area contributed by atoms with Gasteiger partial charge in [-0.25, -0.2) is 14.4 Å². The molecule has 2 aliphatic heterocycles. The number of rotatable bonds is 8. The first-order chi connectivity index (χ1) is 21.8. The standard InChI is InChI=1S/C34H45NO12/c1-18(28(37)46-31(2,3)4)42-24(36)17-22(44-30(39)47-32(5,6)7)29(38)43-21-12-13-34(40)23-16-19-10-11-20(41-9)26-25(19)33(34,27(21)45-26)14-15-35(23)8/h10-12,18,22-23,27,40H,13-17H2,1-9H3/t18?,22?,23-,27+,33+,34-/m1/s1. The highest BCUT2D eigenvalue weighted by molar-refractivity contribution is 5.86. The van der Waals surface area contributed by atoms with Gasteiger partial charge in [-0.05, 0) is 92.6 Å². The molecule has 4 aliphatic rings. The number of ether oxygens (including phenoxy) is 7. The molecule has 0 aromatic heterocycles. The lowest BCUT2D eigenvalue weighted by Gasteiger charge is -2.61. The van der Waals surface area contributed by atoms with E-state index in [0.717, 1.165) is 11.1 Å². The minimum absolute atomic E-state index is 0.113. The van der Waals surface area contributed by atoms with Gasteiger partial charge in [0.2, 0.25) is 6.10 Å². The quantitative estimate of drug-likeness (QED) is 0.320. The molecule has 0 amide bonds. The van der Waals surface area contributed by atoms with Crippen molar-refractivity contribution in [1.82, 2.24) is 4.90 Å². The van der Waals surface area contributed by atoms with Gasteiger partial charge in [0.15, 0.2) is 23.7 Å². The molecule has 1 aromatic rings. The molecule has 2 heterocycles. The Morgan fingerprint density at radius 2 is 1.72 bits per heavy atom. The van der Waals surface area contributed by atoms with E-state index >= 15 is 0 Å². The highest BCUT2D eigenvalue weighted by Gasteiger charge is 2.72. The number of esters is 3. The third-order valence-corrected chi connectivity index (χ3v) is 9.07. The van der Waals surface area contributed by atoms with Crippen LogP contribution in [-0.4, -0.2) is 95.9 Å². The molecular weight excluding hydrogens is 614 g/mol. The van der Waals surface area contributed by atoms with E-state index in [0.29, 0.717) is 30.9 Å². The van der Waals surface area contributed by atoms with E-state index in [1.165, 1.54) is 14.0 Å². The summed E-state index contributed by atoms with van der Waals surface area (Å²) in [7, 11) is 3.52. The number of hydrogen-bond acceptors (Lipinski definition) is 13. The van der Waals surface area contributed by atoms with Crippen LogP contribution in [0, 0.1) is 0 Å². The van der Waals surface area contributed by atoms with Gasteiger partial charge in [0, 0.05) is 18.0 Å². The van der Waals surface area contributed by atoms with Crippen LogP contribution in [0.15, 0.2) is 24.0 Å². The van der Waals surface area contributed by atoms with Gasteiger partial charge in [-0.3, -0.25) is 4.79 Å². The minimum atomic E-state index is -1.80. The highest BCUT2D eigenvalue weighted by Crippen LogP contribution is 2.65. The number of benzene rings is 1. The summed E-state index contributed by atoms with van der Waals surface area (Å²) < 4.78 is 39.0. The lowest BCUT2D eigenvalue weighted by molar-refractivity contribution is -0.178. The predicted octanol–water partition coefficient (Wildman–Crippen LogP) is 3.50. The lowest BCUT2D eigenvalue weighted by Crippen LogP contribution is -2.74. The van der Waals surface area contributed by atoms with Crippen molar-refractivity contribution in [2.45, 2.75) is 121 Å². The molecule has 1 fully saturated rings. The van der Waals surface area contributed by atoms with Crippen LogP contribution in [0.1, 0.15) is 78.9 Å². The molecular formula is C34H45NO12. The van der Waals surface area contributed by atoms with Crippen LogP contribution in [0.5, 0.6) is 11.5 Å². The molecule has 0 radical (unpaired) electrons. The molecule has 0 saturated carbocycles. The van der Waals surface area contributed by atoms with Crippen molar-refractivity contribution in [2.24, 2.45) is 0 Å². The maximum atomic E-state index is 13.8. The molecule has 13 heteroatoms.